The van der Waals surface area contributed by atoms with E-state index in [1.807, 2.05) is 31.2 Å². The number of nitrogens with zero attached hydrogens (tertiary/aromatic N) is 3. The summed E-state index contributed by atoms with van der Waals surface area (Å²) in [4.78, 5) is 19.3. The number of aromatic nitrogens is 1. The molecule has 1 saturated heterocycles. The number of benzene rings is 2. The van der Waals surface area contributed by atoms with E-state index < -0.39 is 10.0 Å². The average molecular weight is 452 g/mol. The predicted octanol–water partition coefficient (Wildman–Crippen LogP) is 3.64. The lowest BCUT2D eigenvalue weighted by atomic mass is 10.2. The van der Waals surface area contributed by atoms with Crippen LogP contribution in [0.1, 0.15) is 21.5 Å². The molecule has 1 fully saturated rings. The van der Waals surface area contributed by atoms with E-state index in [0.717, 1.165) is 11.1 Å². The minimum Gasteiger partial charge on any atom is -0.438 e. The van der Waals surface area contributed by atoms with Crippen molar-refractivity contribution >= 4 is 15.9 Å². The predicted molar refractivity (Wildman–Crippen MR) is 121 cm³/mol. The summed E-state index contributed by atoms with van der Waals surface area (Å²) in [5, 5.41) is 0. The van der Waals surface area contributed by atoms with Gasteiger partial charge in [0.25, 0.3) is 5.91 Å². The number of ether oxygens (including phenoxy) is 1. The van der Waals surface area contributed by atoms with Gasteiger partial charge >= 0.3 is 0 Å². The van der Waals surface area contributed by atoms with Crippen molar-refractivity contribution < 1.29 is 17.9 Å². The van der Waals surface area contributed by atoms with Crippen molar-refractivity contribution in [2.45, 2.75) is 18.7 Å². The van der Waals surface area contributed by atoms with Crippen molar-refractivity contribution in [1.82, 2.24) is 14.2 Å². The number of carbonyl (C=O) groups excluding carboxylic acids is 1. The van der Waals surface area contributed by atoms with E-state index in [2.05, 4.69) is 4.98 Å². The van der Waals surface area contributed by atoms with Gasteiger partial charge in [0.15, 0.2) is 0 Å². The van der Waals surface area contributed by atoms with E-state index in [1.165, 1.54) is 4.31 Å². The van der Waals surface area contributed by atoms with Gasteiger partial charge in [0.2, 0.25) is 15.9 Å². The SMILES string of the molecule is Cc1ccc(S(=O)(=O)N2CCN(C(=O)c3cccnc3Oc3ccccc3)CC2)c(C)c1. The summed E-state index contributed by atoms with van der Waals surface area (Å²) in [6.07, 6.45) is 1.57. The second kappa shape index (κ2) is 9.10. The van der Waals surface area contributed by atoms with Gasteiger partial charge in [-0.2, -0.15) is 4.31 Å². The number of sulfonamides is 1. The largest absolute Gasteiger partial charge is 0.438 e. The van der Waals surface area contributed by atoms with E-state index in [9.17, 15) is 13.2 Å². The molecule has 1 aliphatic rings. The van der Waals surface area contributed by atoms with Crippen LogP contribution in [0, 0.1) is 13.8 Å². The molecule has 0 spiro atoms. The van der Waals surface area contributed by atoms with Crippen LogP contribution in [0.5, 0.6) is 11.6 Å². The lowest BCUT2D eigenvalue weighted by molar-refractivity contribution is 0.0694. The van der Waals surface area contributed by atoms with Gasteiger partial charge in [0.05, 0.1) is 4.90 Å². The number of pyridine rings is 1. The van der Waals surface area contributed by atoms with Crippen molar-refractivity contribution in [3.8, 4) is 11.6 Å². The molecule has 0 bridgehead atoms. The molecule has 1 amide bonds. The minimum atomic E-state index is -3.61. The lowest BCUT2D eigenvalue weighted by Crippen LogP contribution is -2.50. The Balaban J connectivity index is 1.48. The smallest absolute Gasteiger partial charge is 0.259 e. The van der Waals surface area contributed by atoms with Crippen LogP contribution in [0.15, 0.2) is 71.8 Å². The van der Waals surface area contributed by atoms with Crippen LogP contribution in [-0.4, -0.2) is 54.7 Å². The first-order valence-electron chi connectivity index (χ1n) is 10.4. The summed E-state index contributed by atoms with van der Waals surface area (Å²) in [5.74, 6) is 0.589. The second-order valence-corrected chi connectivity index (χ2v) is 9.64. The quantitative estimate of drug-likeness (QED) is 0.592. The highest BCUT2D eigenvalue weighted by Crippen LogP contribution is 2.26. The number of rotatable bonds is 5. The highest BCUT2D eigenvalue weighted by atomic mass is 32.2. The third-order valence-corrected chi connectivity index (χ3v) is 7.49. The molecule has 2 heterocycles. The van der Waals surface area contributed by atoms with E-state index >= 15 is 0 Å². The molecular formula is C24H25N3O4S. The van der Waals surface area contributed by atoms with Crippen LogP contribution in [0.25, 0.3) is 0 Å². The standard InChI is InChI=1S/C24H25N3O4S/c1-18-10-11-22(19(2)17-18)32(29,30)27-15-13-26(14-16-27)24(28)21-9-6-12-25-23(21)31-20-7-4-3-5-8-20/h3-12,17H,13-16H2,1-2H3. The average Bonchev–Trinajstić information content (AvgIpc) is 2.79. The zero-order valence-electron chi connectivity index (χ0n) is 18.1. The number of piperazine rings is 1. The summed E-state index contributed by atoms with van der Waals surface area (Å²) in [6.45, 7) is 4.79. The number of carbonyl (C=O) groups is 1. The van der Waals surface area contributed by atoms with Crippen molar-refractivity contribution in [2.24, 2.45) is 0 Å². The third kappa shape index (κ3) is 4.51. The molecule has 0 saturated carbocycles. The van der Waals surface area contributed by atoms with Crippen molar-refractivity contribution in [3.05, 3.63) is 83.6 Å². The molecule has 0 radical (unpaired) electrons. The van der Waals surface area contributed by atoms with Crippen molar-refractivity contribution in [1.29, 1.82) is 0 Å². The Morgan fingerprint density at radius 3 is 2.34 bits per heavy atom. The van der Waals surface area contributed by atoms with Crippen LogP contribution in [-0.2, 0) is 10.0 Å². The Morgan fingerprint density at radius 2 is 1.66 bits per heavy atom. The molecular weight excluding hydrogens is 426 g/mol. The number of amides is 1. The van der Waals surface area contributed by atoms with Crippen molar-refractivity contribution in [2.75, 3.05) is 26.2 Å². The van der Waals surface area contributed by atoms with E-state index in [0.29, 0.717) is 29.3 Å². The molecule has 0 atom stereocenters. The van der Waals surface area contributed by atoms with Crippen LogP contribution < -0.4 is 4.74 Å². The number of hydrogen-bond acceptors (Lipinski definition) is 5. The molecule has 8 heteroatoms. The monoisotopic (exact) mass is 451 g/mol. The van der Waals surface area contributed by atoms with Gasteiger partial charge in [-0.15, -0.1) is 0 Å². The summed E-state index contributed by atoms with van der Waals surface area (Å²) in [7, 11) is -3.61. The molecule has 1 aliphatic heterocycles. The zero-order chi connectivity index (χ0) is 22.7. The Bertz CT molecular complexity index is 1220. The Hall–Kier alpha value is -3.23. The van der Waals surface area contributed by atoms with Crippen LogP contribution in [0.4, 0.5) is 0 Å². The first kappa shape index (κ1) is 22.0. The number of para-hydroxylation sites is 1. The maximum atomic E-state index is 13.2. The van der Waals surface area contributed by atoms with Crippen LogP contribution in [0.3, 0.4) is 0 Å². The maximum Gasteiger partial charge on any atom is 0.259 e. The summed E-state index contributed by atoms with van der Waals surface area (Å²) in [6, 6.07) is 17.8. The third-order valence-electron chi connectivity index (χ3n) is 5.43. The van der Waals surface area contributed by atoms with Crippen LogP contribution in [0.2, 0.25) is 0 Å². The maximum absolute atomic E-state index is 13.2. The first-order valence-corrected chi connectivity index (χ1v) is 11.8. The molecule has 7 nitrogen and oxygen atoms in total. The van der Waals surface area contributed by atoms with Gasteiger partial charge in [-0.3, -0.25) is 4.79 Å². The lowest BCUT2D eigenvalue weighted by Gasteiger charge is -2.34. The fraction of sp³-hybridized carbons (Fsp3) is 0.250. The Labute approximate surface area is 188 Å². The minimum absolute atomic E-state index is 0.229. The Kier molecular flexibility index (Phi) is 6.25. The highest BCUT2D eigenvalue weighted by molar-refractivity contribution is 7.89. The molecule has 0 aliphatic carbocycles. The van der Waals surface area contributed by atoms with Gasteiger partial charge in [-0.05, 0) is 49.7 Å². The Morgan fingerprint density at radius 1 is 0.938 bits per heavy atom. The summed E-state index contributed by atoms with van der Waals surface area (Å²) >= 11 is 0. The second-order valence-electron chi connectivity index (χ2n) is 7.74. The topological polar surface area (TPSA) is 79.8 Å². The molecule has 166 valence electrons. The summed E-state index contributed by atoms with van der Waals surface area (Å²) < 4.78 is 33.5. The fourth-order valence-corrected chi connectivity index (χ4v) is 5.39. The van der Waals surface area contributed by atoms with E-state index in [4.69, 9.17) is 4.74 Å². The highest BCUT2D eigenvalue weighted by Gasteiger charge is 2.32. The number of aryl methyl sites for hydroxylation is 2. The van der Waals surface area contributed by atoms with Crippen molar-refractivity contribution in [3.63, 3.8) is 0 Å². The molecule has 1 aromatic heterocycles. The van der Waals surface area contributed by atoms with E-state index in [-0.39, 0.29) is 24.9 Å². The molecule has 4 rings (SSSR count). The van der Waals surface area contributed by atoms with Gasteiger partial charge in [0.1, 0.15) is 11.3 Å². The first-order chi connectivity index (χ1) is 15.4. The van der Waals surface area contributed by atoms with Gasteiger partial charge in [0, 0.05) is 32.4 Å². The molecule has 3 aromatic rings. The molecule has 0 unspecified atom stereocenters. The fourth-order valence-electron chi connectivity index (χ4n) is 3.76. The van der Waals surface area contributed by atoms with Crippen LogP contribution >= 0.6 is 0 Å². The zero-order valence-corrected chi connectivity index (χ0v) is 18.9. The molecule has 0 N–H and O–H groups in total. The number of hydrogen-bond donors (Lipinski definition) is 0. The van der Waals surface area contributed by atoms with Gasteiger partial charge < -0.3 is 9.64 Å². The molecule has 32 heavy (non-hydrogen) atoms. The van der Waals surface area contributed by atoms with Gasteiger partial charge in [-0.25, -0.2) is 13.4 Å². The van der Waals surface area contributed by atoms with E-state index in [1.54, 1.807) is 54.4 Å². The normalized spacial score (nSPS) is 14.9. The summed E-state index contributed by atoms with van der Waals surface area (Å²) in [5.41, 5.74) is 2.09. The van der Waals surface area contributed by atoms with Gasteiger partial charge in [-0.1, -0.05) is 35.9 Å². The molecule has 2 aromatic carbocycles.